The van der Waals surface area contributed by atoms with E-state index in [-0.39, 0.29) is 19.3 Å². The van der Waals surface area contributed by atoms with Gasteiger partial charge in [-0.25, -0.2) is 9.13 Å². The van der Waals surface area contributed by atoms with Crippen LogP contribution in [0.2, 0.25) is 0 Å². The molecule has 0 spiro atoms. The number of esters is 3. The van der Waals surface area contributed by atoms with Crippen LogP contribution in [0, 0.1) is 0 Å². The van der Waals surface area contributed by atoms with Gasteiger partial charge in [-0.2, -0.15) is 0 Å². The maximum absolute atomic E-state index is 12.9. The summed E-state index contributed by atoms with van der Waals surface area (Å²) in [4.78, 5) is 58.4. The molecule has 0 saturated heterocycles. The Morgan fingerprint density at radius 3 is 0.849 bits per heavy atom. The zero-order valence-corrected chi connectivity index (χ0v) is 58.9. The Labute approximate surface area is 561 Å². The number of aliphatic hydroxyl groups is 2. The Morgan fingerprint density at radius 1 is 0.301 bits per heavy atom. The number of carbonyl (C=O) groups excluding carboxylic acids is 3. The van der Waals surface area contributed by atoms with Crippen molar-refractivity contribution in [2.24, 2.45) is 0 Å². The highest BCUT2D eigenvalue weighted by Crippen LogP contribution is 2.45. The van der Waals surface area contributed by atoms with Gasteiger partial charge in [-0.1, -0.05) is 237 Å². The third-order valence-corrected chi connectivity index (χ3v) is 15.6. The van der Waals surface area contributed by atoms with Gasteiger partial charge in [0.25, 0.3) is 0 Å². The Balaban J connectivity index is 4.71. The molecular weight excluding hydrogens is 1220 g/mol. The maximum Gasteiger partial charge on any atom is 0.472 e. The van der Waals surface area contributed by atoms with Crippen molar-refractivity contribution in [1.29, 1.82) is 0 Å². The van der Waals surface area contributed by atoms with Gasteiger partial charge in [0.05, 0.1) is 26.4 Å². The molecule has 0 aromatic carbocycles. The van der Waals surface area contributed by atoms with E-state index in [4.69, 9.17) is 32.3 Å². The van der Waals surface area contributed by atoms with E-state index in [1.807, 2.05) is 0 Å². The average Bonchev–Trinajstić information content (AvgIpc) is 3.73. The number of rotatable bonds is 64. The van der Waals surface area contributed by atoms with E-state index < -0.39 is 91.5 Å². The standard InChI is InChI=1S/C75H122O16P2/c1-4-7-10-13-16-19-22-25-28-31-32-33-34-35-36-39-41-43-46-49-52-55-58-61-73(78)85-64-70(76)65-87-92(81,82)88-66-71(77)67-89-93(83,84)90-69-72(91-75(80)63-60-57-54-51-48-45-42-38-30-27-24-21-18-15-12-9-6-3)68-86-74(79)62-59-56-53-50-47-44-40-37-29-26-23-20-17-14-11-8-5-2/h7-12,16-21,25-30,32-33,35-36,40,42,44-45,70-72,76-77H,4-6,13-15,22-24,31,34,37-39,41,43,46-69H2,1-3H3,(H,81,82)(H,83,84)/b10-7-,11-8-,12-9-,19-16-,20-17-,21-18-,28-25-,29-26-,30-27-,33-32-,36-35-,44-40-,45-42-. The quantitative estimate of drug-likeness (QED) is 0.0146. The summed E-state index contributed by atoms with van der Waals surface area (Å²) in [5, 5.41) is 20.6. The highest BCUT2D eigenvalue weighted by molar-refractivity contribution is 7.47. The summed E-state index contributed by atoms with van der Waals surface area (Å²) in [6.45, 7) is 2.23. The number of allylic oxidation sites excluding steroid dienone is 26. The number of phosphoric acid groups is 2. The van der Waals surface area contributed by atoms with Crippen molar-refractivity contribution in [3.8, 4) is 0 Å². The number of aliphatic hydroxyl groups excluding tert-OH is 2. The third kappa shape index (κ3) is 68.4. The fourth-order valence-electron chi connectivity index (χ4n) is 8.52. The first-order valence-electron chi connectivity index (χ1n) is 34.8. The van der Waals surface area contributed by atoms with Crippen LogP contribution < -0.4 is 0 Å². The minimum absolute atomic E-state index is 0.0647. The lowest BCUT2D eigenvalue weighted by atomic mass is 10.1. The topological polar surface area (TPSA) is 231 Å². The molecule has 0 heterocycles. The van der Waals surface area contributed by atoms with Crippen LogP contribution in [0.25, 0.3) is 0 Å². The SMILES string of the molecule is CC/C=C\C/C=C\C/C=C\C/C=C\C/C=C\CCCCCCCCCC(=O)OCC(O)COP(=O)(O)OCC(O)COP(=O)(O)OCC(COC(=O)CCCCCC/C=C\C/C=C\C/C=C\C/C=C\CC)OC(=O)CCCCCC/C=C\C/C=C\C/C=C\C/C=C\CC. The van der Waals surface area contributed by atoms with Crippen LogP contribution in [0.3, 0.4) is 0 Å². The molecule has 0 aliphatic rings. The fraction of sp³-hybridized carbons (Fsp3) is 0.613. The summed E-state index contributed by atoms with van der Waals surface area (Å²) < 4.78 is 60.9. The second kappa shape index (κ2) is 67.2. The van der Waals surface area contributed by atoms with E-state index in [9.17, 15) is 43.5 Å². The molecule has 93 heavy (non-hydrogen) atoms. The molecule has 4 N–H and O–H groups in total. The van der Waals surface area contributed by atoms with Crippen LogP contribution in [0.4, 0.5) is 0 Å². The zero-order chi connectivity index (χ0) is 68.1. The number of hydrogen-bond acceptors (Lipinski definition) is 14. The van der Waals surface area contributed by atoms with Crippen molar-refractivity contribution >= 4 is 33.6 Å². The summed E-state index contributed by atoms with van der Waals surface area (Å²) in [6, 6.07) is 0. The molecule has 5 unspecified atom stereocenters. The van der Waals surface area contributed by atoms with Gasteiger partial charge in [-0.05, 0) is 141 Å². The number of phosphoric ester groups is 2. The molecule has 16 nitrogen and oxygen atoms in total. The second-order valence-electron chi connectivity index (χ2n) is 22.5. The molecule has 0 amide bonds. The molecule has 5 atom stereocenters. The van der Waals surface area contributed by atoms with Gasteiger partial charge in [-0.15, -0.1) is 0 Å². The van der Waals surface area contributed by atoms with Gasteiger partial charge in [0.15, 0.2) is 6.10 Å². The molecule has 0 fully saturated rings. The lowest BCUT2D eigenvalue weighted by molar-refractivity contribution is -0.161. The second-order valence-corrected chi connectivity index (χ2v) is 25.4. The van der Waals surface area contributed by atoms with Gasteiger partial charge in [0.1, 0.15) is 25.4 Å². The van der Waals surface area contributed by atoms with Crippen LogP contribution in [0.1, 0.15) is 239 Å². The van der Waals surface area contributed by atoms with Crippen LogP contribution >= 0.6 is 15.6 Å². The molecule has 18 heteroatoms. The molecule has 0 rings (SSSR count). The summed E-state index contributed by atoms with van der Waals surface area (Å²) >= 11 is 0. The van der Waals surface area contributed by atoms with Crippen LogP contribution in [0.5, 0.6) is 0 Å². The Morgan fingerprint density at radius 2 is 0.538 bits per heavy atom. The predicted molar refractivity (Wildman–Crippen MR) is 380 cm³/mol. The molecule has 0 radical (unpaired) electrons. The lowest BCUT2D eigenvalue weighted by Gasteiger charge is -2.21. The molecule has 528 valence electrons. The highest BCUT2D eigenvalue weighted by atomic mass is 31.2. The van der Waals surface area contributed by atoms with Gasteiger partial charge >= 0.3 is 33.6 Å². The van der Waals surface area contributed by atoms with Crippen molar-refractivity contribution < 1.29 is 75.8 Å². The summed E-state index contributed by atoms with van der Waals surface area (Å²) in [5.41, 5.74) is 0. The van der Waals surface area contributed by atoms with Crippen molar-refractivity contribution in [1.82, 2.24) is 0 Å². The third-order valence-electron chi connectivity index (χ3n) is 13.7. The molecule has 0 bridgehead atoms. The normalized spacial score (nSPS) is 15.1. The first-order valence-corrected chi connectivity index (χ1v) is 37.8. The average molecular weight is 1340 g/mol. The number of ether oxygens (including phenoxy) is 3. The number of hydrogen-bond donors (Lipinski definition) is 4. The first kappa shape index (κ1) is 88.2. The van der Waals surface area contributed by atoms with E-state index in [1.54, 1.807) is 0 Å². The summed E-state index contributed by atoms with van der Waals surface area (Å²) in [5.74, 6) is -1.65. The van der Waals surface area contributed by atoms with Gasteiger partial charge < -0.3 is 34.2 Å². The molecular formula is C75H122O16P2. The summed E-state index contributed by atoms with van der Waals surface area (Å²) in [6.07, 6.45) is 81.5. The van der Waals surface area contributed by atoms with Crippen molar-refractivity contribution in [3.63, 3.8) is 0 Å². The number of carbonyl (C=O) groups is 3. The van der Waals surface area contributed by atoms with Gasteiger partial charge in [-0.3, -0.25) is 32.5 Å². The molecule has 0 aliphatic heterocycles. The zero-order valence-electron chi connectivity index (χ0n) is 57.1. The molecule has 0 saturated carbocycles. The predicted octanol–water partition coefficient (Wildman–Crippen LogP) is 19.5. The number of unbranched alkanes of at least 4 members (excludes halogenated alkanes) is 15. The summed E-state index contributed by atoms with van der Waals surface area (Å²) in [7, 11) is -9.81. The van der Waals surface area contributed by atoms with Crippen LogP contribution in [-0.4, -0.2) is 95.9 Å². The highest BCUT2D eigenvalue weighted by Gasteiger charge is 2.29. The van der Waals surface area contributed by atoms with Crippen molar-refractivity contribution in [3.05, 3.63) is 158 Å². The first-order chi connectivity index (χ1) is 45.2. The van der Waals surface area contributed by atoms with E-state index in [1.165, 1.54) is 0 Å². The van der Waals surface area contributed by atoms with E-state index in [0.29, 0.717) is 19.3 Å². The fourth-order valence-corrected chi connectivity index (χ4v) is 10.1. The Hall–Kier alpha value is -4.83. The van der Waals surface area contributed by atoms with E-state index in [0.717, 1.165) is 180 Å². The van der Waals surface area contributed by atoms with Crippen LogP contribution in [-0.2, 0) is 55.8 Å². The Bertz CT molecular complexity index is 2320. The molecule has 0 aliphatic carbocycles. The Kier molecular flexibility index (Phi) is 63.7. The lowest BCUT2D eigenvalue weighted by Crippen LogP contribution is -2.30. The van der Waals surface area contributed by atoms with Crippen molar-refractivity contribution in [2.45, 2.75) is 257 Å². The van der Waals surface area contributed by atoms with Gasteiger partial charge in [0.2, 0.25) is 0 Å². The minimum atomic E-state index is -4.95. The monoisotopic (exact) mass is 1340 g/mol. The largest absolute Gasteiger partial charge is 0.472 e. The minimum Gasteiger partial charge on any atom is -0.463 e. The maximum atomic E-state index is 12.9. The smallest absolute Gasteiger partial charge is 0.463 e. The molecule has 0 aromatic heterocycles. The molecule has 0 aromatic rings. The van der Waals surface area contributed by atoms with E-state index >= 15 is 0 Å². The van der Waals surface area contributed by atoms with Crippen molar-refractivity contribution in [2.75, 3.05) is 39.6 Å². The van der Waals surface area contributed by atoms with Crippen LogP contribution in [0.15, 0.2) is 158 Å². The van der Waals surface area contributed by atoms with Gasteiger partial charge in [0, 0.05) is 19.3 Å². The van der Waals surface area contributed by atoms with E-state index in [2.05, 4.69) is 179 Å².